The molecule has 5 nitrogen and oxygen atoms in total. The van der Waals surface area contributed by atoms with Crippen LogP contribution in [0.4, 0.5) is 5.69 Å². The minimum atomic E-state index is -4.05. The highest BCUT2D eigenvalue weighted by molar-refractivity contribution is 7.92. The molecule has 1 atom stereocenters. The maximum absolute atomic E-state index is 13.5. The molecule has 1 unspecified atom stereocenters. The predicted molar refractivity (Wildman–Crippen MR) is 135 cm³/mol. The van der Waals surface area contributed by atoms with Gasteiger partial charge in [-0.3, -0.25) is 9.10 Å². The third kappa shape index (κ3) is 6.08. The lowest BCUT2D eigenvalue weighted by Crippen LogP contribution is -2.42. The fraction of sp³-hybridized carbons (Fsp3) is 0.240. The van der Waals surface area contributed by atoms with E-state index in [2.05, 4.69) is 11.4 Å². The van der Waals surface area contributed by atoms with Crippen LogP contribution >= 0.6 is 23.2 Å². The maximum Gasteiger partial charge on any atom is 0.264 e. The smallest absolute Gasteiger partial charge is 0.264 e. The molecule has 0 radical (unpaired) electrons. The number of aryl methyl sites for hydroxylation is 2. The van der Waals surface area contributed by atoms with Crippen LogP contribution < -0.4 is 9.62 Å². The Morgan fingerprint density at radius 2 is 1.67 bits per heavy atom. The first-order valence-corrected chi connectivity index (χ1v) is 12.7. The number of halogens is 2. The first-order valence-electron chi connectivity index (χ1n) is 10.5. The van der Waals surface area contributed by atoms with Crippen LogP contribution in [0.2, 0.25) is 10.0 Å². The van der Waals surface area contributed by atoms with Crippen molar-refractivity contribution >= 4 is 44.8 Å². The molecule has 8 heteroatoms. The molecule has 1 N–H and O–H groups in total. The Morgan fingerprint density at radius 1 is 0.970 bits per heavy atom. The van der Waals surface area contributed by atoms with Crippen LogP contribution in [-0.4, -0.2) is 20.9 Å². The van der Waals surface area contributed by atoms with Gasteiger partial charge in [0.15, 0.2) is 0 Å². The molecule has 3 aromatic rings. The zero-order chi connectivity index (χ0) is 24.2. The van der Waals surface area contributed by atoms with Crippen molar-refractivity contribution in [3.05, 3.63) is 93.5 Å². The number of rotatable bonds is 8. The van der Waals surface area contributed by atoms with Gasteiger partial charge in [-0.1, -0.05) is 60.0 Å². The monoisotopic (exact) mass is 504 g/mol. The summed E-state index contributed by atoms with van der Waals surface area (Å²) in [7, 11) is -4.05. The molecule has 0 saturated carbocycles. The van der Waals surface area contributed by atoms with Gasteiger partial charge in [-0.15, -0.1) is 0 Å². The van der Waals surface area contributed by atoms with Gasteiger partial charge in [-0.2, -0.15) is 0 Å². The van der Waals surface area contributed by atoms with E-state index in [-0.39, 0.29) is 10.9 Å². The van der Waals surface area contributed by atoms with E-state index in [1.165, 1.54) is 30.3 Å². The van der Waals surface area contributed by atoms with Crippen molar-refractivity contribution in [2.45, 2.75) is 38.1 Å². The van der Waals surface area contributed by atoms with E-state index < -0.39 is 22.5 Å². The summed E-state index contributed by atoms with van der Waals surface area (Å²) < 4.78 is 28.0. The number of benzene rings is 3. The van der Waals surface area contributed by atoms with Gasteiger partial charge in [0.05, 0.1) is 16.6 Å². The van der Waals surface area contributed by atoms with Gasteiger partial charge in [-0.25, -0.2) is 8.42 Å². The van der Waals surface area contributed by atoms with Crippen LogP contribution in [0.5, 0.6) is 0 Å². The quantitative estimate of drug-likeness (QED) is 0.404. The van der Waals surface area contributed by atoms with Gasteiger partial charge in [0.2, 0.25) is 5.91 Å². The number of nitrogens with one attached hydrogen (secondary N) is 1. The SMILES string of the molecule is CCC(NC(=O)CN(c1cccc(Cl)c1)S(=O)(=O)c1ccc(Cl)cc1)c1ccc(C)cc1C. The zero-order valence-electron chi connectivity index (χ0n) is 18.7. The number of carbonyl (C=O) groups is 1. The average molecular weight is 505 g/mol. The predicted octanol–water partition coefficient (Wildman–Crippen LogP) is 6.07. The first-order chi connectivity index (χ1) is 15.6. The molecule has 0 aliphatic heterocycles. The molecule has 0 heterocycles. The summed E-state index contributed by atoms with van der Waals surface area (Å²) in [5, 5.41) is 3.78. The van der Waals surface area contributed by atoms with Gasteiger partial charge in [0, 0.05) is 10.0 Å². The lowest BCUT2D eigenvalue weighted by atomic mass is 9.97. The number of sulfonamides is 1. The summed E-state index contributed by atoms with van der Waals surface area (Å²) in [6.07, 6.45) is 0.663. The van der Waals surface area contributed by atoms with Crippen LogP contribution in [0.1, 0.15) is 36.1 Å². The number of nitrogens with zero attached hydrogens (tertiary/aromatic N) is 1. The summed E-state index contributed by atoms with van der Waals surface area (Å²) in [5.41, 5.74) is 3.51. The van der Waals surface area contributed by atoms with Gasteiger partial charge in [0.1, 0.15) is 6.54 Å². The van der Waals surface area contributed by atoms with E-state index in [0.29, 0.717) is 22.2 Å². The molecule has 0 spiro atoms. The standard InChI is InChI=1S/C25H26Cl2N2O3S/c1-4-24(23-13-8-17(2)14-18(23)3)28-25(30)16-29(21-7-5-6-20(27)15-21)33(31,32)22-11-9-19(26)10-12-22/h5-15,24H,4,16H2,1-3H3,(H,28,30). The van der Waals surface area contributed by atoms with Crippen LogP contribution in [-0.2, 0) is 14.8 Å². The molecule has 1 amide bonds. The first kappa shape index (κ1) is 25.1. The lowest BCUT2D eigenvalue weighted by Gasteiger charge is -2.26. The van der Waals surface area contributed by atoms with Crippen molar-refractivity contribution < 1.29 is 13.2 Å². The fourth-order valence-corrected chi connectivity index (χ4v) is 5.39. The van der Waals surface area contributed by atoms with E-state index in [9.17, 15) is 13.2 Å². The normalized spacial score (nSPS) is 12.3. The topological polar surface area (TPSA) is 66.5 Å². The highest BCUT2D eigenvalue weighted by Gasteiger charge is 2.28. The Bertz CT molecular complexity index is 1240. The molecule has 0 aliphatic carbocycles. The van der Waals surface area contributed by atoms with E-state index in [1.807, 2.05) is 32.9 Å². The van der Waals surface area contributed by atoms with E-state index in [0.717, 1.165) is 21.0 Å². The Hall–Kier alpha value is -2.54. The second kappa shape index (κ2) is 10.6. The number of hydrogen-bond donors (Lipinski definition) is 1. The van der Waals surface area contributed by atoms with Gasteiger partial charge in [0.25, 0.3) is 10.0 Å². The highest BCUT2D eigenvalue weighted by atomic mass is 35.5. The number of anilines is 1. The molecule has 3 rings (SSSR count). The second-order valence-electron chi connectivity index (χ2n) is 7.83. The van der Waals surface area contributed by atoms with Crippen molar-refractivity contribution in [1.82, 2.24) is 5.32 Å². The number of hydrogen-bond acceptors (Lipinski definition) is 3. The molecule has 0 bridgehead atoms. The number of amides is 1. The Labute approximate surface area is 205 Å². The number of carbonyl (C=O) groups excluding carboxylic acids is 1. The van der Waals surface area contributed by atoms with E-state index in [1.54, 1.807) is 18.2 Å². The Morgan fingerprint density at radius 3 is 2.27 bits per heavy atom. The largest absolute Gasteiger partial charge is 0.348 e. The summed E-state index contributed by atoms with van der Waals surface area (Å²) in [4.78, 5) is 13.1. The molecule has 0 fully saturated rings. The molecule has 0 saturated heterocycles. The Balaban J connectivity index is 1.92. The molecule has 0 aromatic heterocycles. The third-order valence-electron chi connectivity index (χ3n) is 5.33. The van der Waals surface area contributed by atoms with Crippen molar-refractivity contribution in [3.8, 4) is 0 Å². The summed E-state index contributed by atoms with van der Waals surface area (Å²) in [5.74, 6) is -0.417. The third-order valence-corrected chi connectivity index (χ3v) is 7.60. The Kier molecular flexibility index (Phi) is 8.05. The van der Waals surface area contributed by atoms with E-state index >= 15 is 0 Å². The highest BCUT2D eigenvalue weighted by Crippen LogP contribution is 2.27. The van der Waals surface area contributed by atoms with Gasteiger partial charge in [-0.05, 0) is 73.9 Å². The molecule has 33 heavy (non-hydrogen) atoms. The second-order valence-corrected chi connectivity index (χ2v) is 10.6. The van der Waals surface area contributed by atoms with E-state index in [4.69, 9.17) is 23.2 Å². The van der Waals surface area contributed by atoms with Crippen LogP contribution in [0.25, 0.3) is 0 Å². The van der Waals surface area contributed by atoms with Crippen molar-refractivity contribution in [1.29, 1.82) is 0 Å². The van der Waals surface area contributed by atoms with Gasteiger partial charge >= 0.3 is 0 Å². The van der Waals surface area contributed by atoms with Gasteiger partial charge < -0.3 is 5.32 Å². The summed E-state index contributed by atoms with van der Waals surface area (Å²) >= 11 is 12.0. The van der Waals surface area contributed by atoms with Crippen molar-refractivity contribution in [2.75, 3.05) is 10.8 Å². The van der Waals surface area contributed by atoms with Crippen molar-refractivity contribution in [3.63, 3.8) is 0 Å². The summed E-state index contributed by atoms with van der Waals surface area (Å²) in [6, 6.07) is 18.1. The molecule has 174 valence electrons. The lowest BCUT2D eigenvalue weighted by molar-refractivity contribution is -0.120. The van der Waals surface area contributed by atoms with Crippen LogP contribution in [0, 0.1) is 13.8 Å². The minimum absolute atomic E-state index is 0.0288. The molecule has 3 aromatic carbocycles. The van der Waals surface area contributed by atoms with Crippen LogP contribution in [0.15, 0.2) is 71.6 Å². The molecule has 0 aliphatic rings. The van der Waals surface area contributed by atoms with Crippen LogP contribution in [0.3, 0.4) is 0 Å². The zero-order valence-corrected chi connectivity index (χ0v) is 21.0. The van der Waals surface area contributed by atoms with Crippen molar-refractivity contribution in [2.24, 2.45) is 0 Å². The minimum Gasteiger partial charge on any atom is -0.348 e. The summed E-state index contributed by atoms with van der Waals surface area (Å²) in [6.45, 7) is 5.59. The fourth-order valence-electron chi connectivity index (χ4n) is 3.67. The average Bonchev–Trinajstić information content (AvgIpc) is 2.76. The molecular formula is C25H26Cl2N2O3S. The maximum atomic E-state index is 13.5. The molecular weight excluding hydrogens is 479 g/mol.